The minimum absolute atomic E-state index is 0.125. The summed E-state index contributed by atoms with van der Waals surface area (Å²) in [5, 5.41) is 1.47. The van der Waals surface area contributed by atoms with E-state index in [4.69, 9.17) is 18.0 Å². The van der Waals surface area contributed by atoms with Gasteiger partial charge in [0, 0.05) is 17.9 Å². The van der Waals surface area contributed by atoms with Crippen LogP contribution in [0.2, 0.25) is 0 Å². The Morgan fingerprint density at radius 3 is 2.68 bits per heavy atom. The fourth-order valence-corrected chi connectivity index (χ4v) is 2.14. The number of nitrogens with one attached hydrogen (secondary N) is 1. The van der Waals surface area contributed by atoms with Crippen molar-refractivity contribution in [1.82, 2.24) is 10.4 Å². The van der Waals surface area contributed by atoms with Gasteiger partial charge in [-0.3, -0.25) is 15.2 Å². The van der Waals surface area contributed by atoms with E-state index >= 15 is 0 Å². The number of halogens is 1. The molecule has 0 radical (unpaired) electrons. The van der Waals surface area contributed by atoms with E-state index < -0.39 is 0 Å². The van der Waals surface area contributed by atoms with Gasteiger partial charge in [-0.25, -0.2) is 0 Å². The van der Waals surface area contributed by atoms with Crippen LogP contribution in [0.3, 0.4) is 0 Å². The van der Waals surface area contributed by atoms with E-state index in [-0.39, 0.29) is 16.4 Å². The predicted molar refractivity (Wildman–Crippen MR) is 84.5 cm³/mol. The van der Waals surface area contributed by atoms with Gasteiger partial charge in [0.15, 0.2) is 5.11 Å². The maximum absolute atomic E-state index is 12.0. The Balaban J connectivity index is 2.74. The number of hydrazine groups is 1. The summed E-state index contributed by atoms with van der Waals surface area (Å²) in [7, 11) is 1.62. The highest BCUT2D eigenvalue weighted by Gasteiger charge is 2.25. The molecule has 1 aromatic carbocycles. The van der Waals surface area contributed by atoms with Crippen molar-refractivity contribution in [2.45, 2.75) is 25.7 Å². The van der Waals surface area contributed by atoms with E-state index in [0.717, 1.165) is 10.0 Å². The molecular formula is C13H18BrN3OS. The summed E-state index contributed by atoms with van der Waals surface area (Å²) in [6, 6.07) is 7.94. The molecule has 19 heavy (non-hydrogen) atoms. The van der Waals surface area contributed by atoms with Crippen molar-refractivity contribution in [1.29, 1.82) is 0 Å². The summed E-state index contributed by atoms with van der Waals surface area (Å²) in [5.41, 5.74) is 8.87. The maximum Gasteiger partial charge on any atom is 0.239 e. The Morgan fingerprint density at radius 1 is 1.53 bits per heavy atom. The highest BCUT2D eigenvalue weighted by Crippen LogP contribution is 2.28. The van der Waals surface area contributed by atoms with Gasteiger partial charge in [0.2, 0.25) is 5.91 Å². The van der Waals surface area contributed by atoms with Crippen LogP contribution in [0.15, 0.2) is 28.7 Å². The second kappa shape index (κ2) is 6.34. The van der Waals surface area contributed by atoms with Gasteiger partial charge >= 0.3 is 0 Å². The van der Waals surface area contributed by atoms with Crippen molar-refractivity contribution in [3.63, 3.8) is 0 Å². The molecule has 1 rings (SSSR count). The smallest absolute Gasteiger partial charge is 0.239 e. The van der Waals surface area contributed by atoms with Crippen molar-refractivity contribution >= 4 is 39.2 Å². The molecule has 1 amide bonds. The van der Waals surface area contributed by atoms with Crippen LogP contribution in [0, 0.1) is 0 Å². The zero-order chi connectivity index (χ0) is 14.6. The number of hydrogen-bond donors (Lipinski definition) is 2. The van der Waals surface area contributed by atoms with E-state index in [1.54, 1.807) is 7.05 Å². The van der Waals surface area contributed by atoms with Crippen molar-refractivity contribution in [2.75, 3.05) is 7.05 Å². The summed E-state index contributed by atoms with van der Waals surface area (Å²) in [5.74, 6) is -0.125. The second-order valence-corrected chi connectivity index (χ2v) is 6.34. The molecule has 104 valence electrons. The topological polar surface area (TPSA) is 58.4 Å². The number of nitrogens with zero attached hydrogens (tertiary/aromatic N) is 1. The molecule has 0 bridgehead atoms. The van der Waals surface area contributed by atoms with Gasteiger partial charge in [-0.05, 0) is 35.3 Å². The molecule has 6 heteroatoms. The van der Waals surface area contributed by atoms with Crippen molar-refractivity contribution in [3.8, 4) is 0 Å². The van der Waals surface area contributed by atoms with Gasteiger partial charge < -0.3 is 5.73 Å². The molecule has 0 aromatic heterocycles. The van der Waals surface area contributed by atoms with Crippen LogP contribution in [0.5, 0.6) is 0 Å². The lowest BCUT2D eigenvalue weighted by Crippen LogP contribution is -2.47. The highest BCUT2D eigenvalue weighted by molar-refractivity contribution is 9.10. The molecule has 0 aliphatic heterocycles. The van der Waals surface area contributed by atoms with E-state index in [9.17, 15) is 4.79 Å². The summed E-state index contributed by atoms with van der Waals surface area (Å²) in [6.45, 7) is 4.05. The number of amides is 1. The SMILES string of the molecule is CN(NC(=O)CC(C)(C)c1cccc(Br)c1)C(N)=S. The number of carbonyl (C=O) groups excluding carboxylic acids is 1. The first-order chi connectivity index (χ1) is 8.72. The molecule has 3 N–H and O–H groups in total. The highest BCUT2D eigenvalue weighted by atomic mass is 79.9. The third-order valence-corrected chi connectivity index (χ3v) is 3.60. The van der Waals surface area contributed by atoms with Gasteiger partial charge in [0.25, 0.3) is 0 Å². The number of rotatable bonds is 3. The zero-order valence-electron chi connectivity index (χ0n) is 11.2. The maximum atomic E-state index is 12.0. The van der Waals surface area contributed by atoms with E-state index in [2.05, 4.69) is 21.4 Å². The summed E-state index contributed by atoms with van der Waals surface area (Å²) in [4.78, 5) is 12.0. The van der Waals surface area contributed by atoms with Crippen LogP contribution in [0.1, 0.15) is 25.8 Å². The molecule has 4 nitrogen and oxygen atoms in total. The van der Waals surface area contributed by atoms with E-state index in [0.29, 0.717) is 6.42 Å². The first kappa shape index (κ1) is 15.9. The Hall–Kier alpha value is -1.14. The Bertz CT molecular complexity index is 491. The Morgan fingerprint density at radius 2 is 2.16 bits per heavy atom. The van der Waals surface area contributed by atoms with Crippen LogP contribution in [0.25, 0.3) is 0 Å². The van der Waals surface area contributed by atoms with Gasteiger partial charge in [-0.15, -0.1) is 0 Å². The third kappa shape index (κ3) is 4.80. The quantitative estimate of drug-likeness (QED) is 0.653. The van der Waals surface area contributed by atoms with Crippen LogP contribution in [0.4, 0.5) is 0 Å². The Kier molecular flexibility index (Phi) is 5.31. The van der Waals surface area contributed by atoms with Crippen LogP contribution < -0.4 is 11.2 Å². The van der Waals surface area contributed by atoms with Gasteiger partial charge in [-0.2, -0.15) is 0 Å². The van der Waals surface area contributed by atoms with Crippen molar-refractivity contribution in [2.24, 2.45) is 5.73 Å². The molecule has 0 aliphatic rings. The number of thiocarbonyl (C=S) groups is 1. The lowest BCUT2D eigenvalue weighted by Gasteiger charge is -2.26. The Labute approximate surface area is 127 Å². The average molecular weight is 344 g/mol. The second-order valence-electron chi connectivity index (χ2n) is 5.00. The normalized spacial score (nSPS) is 10.9. The van der Waals surface area contributed by atoms with Crippen LogP contribution in [-0.4, -0.2) is 23.1 Å². The average Bonchev–Trinajstić information content (AvgIpc) is 2.27. The van der Waals surface area contributed by atoms with E-state index in [1.807, 2.05) is 38.1 Å². The van der Waals surface area contributed by atoms with E-state index in [1.165, 1.54) is 5.01 Å². The summed E-state index contributed by atoms with van der Waals surface area (Å²) in [6.07, 6.45) is 0.344. The molecule has 0 spiro atoms. The first-order valence-electron chi connectivity index (χ1n) is 5.81. The minimum atomic E-state index is -0.273. The molecule has 0 fully saturated rings. The number of carbonyl (C=O) groups is 1. The van der Waals surface area contributed by atoms with Gasteiger partial charge in [0.1, 0.15) is 0 Å². The fraction of sp³-hybridized carbons (Fsp3) is 0.385. The zero-order valence-corrected chi connectivity index (χ0v) is 13.6. The molecule has 0 saturated heterocycles. The molecule has 0 saturated carbocycles. The van der Waals surface area contributed by atoms with Crippen molar-refractivity contribution in [3.05, 3.63) is 34.3 Å². The third-order valence-electron chi connectivity index (χ3n) is 2.83. The van der Waals surface area contributed by atoms with Gasteiger partial charge in [-0.1, -0.05) is 41.9 Å². The first-order valence-corrected chi connectivity index (χ1v) is 7.01. The minimum Gasteiger partial charge on any atom is -0.375 e. The molecular weight excluding hydrogens is 326 g/mol. The molecule has 1 aromatic rings. The number of benzene rings is 1. The fourth-order valence-electron chi connectivity index (χ4n) is 1.69. The predicted octanol–water partition coefficient (Wildman–Crippen LogP) is 2.32. The van der Waals surface area contributed by atoms with Gasteiger partial charge in [0.05, 0.1) is 0 Å². The van der Waals surface area contributed by atoms with Crippen molar-refractivity contribution < 1.29 is 4.79 Å². The molecule has 0 unspecified atom stereocenters. The molecule has 0 atom stereocenters. The number of nitrogens with two attached hydrogens (primary N) is 1. The van der Waals surface area contributed by atoms with Crippen LogP contribution in [-0.2, 0) is 10.2 Å². The summed E-state index contributed by atoms with van der Waals surface area (Å²) >= 11 is 8.21. The lowest BCUT2D eigenvalue weighted by molar-refractivity contribution is -0.125. The lowest BCUT2D eigenvalue weighted by atomic mass is 9.81. The number of hydrogen-bond acceptors (Lipinski definition) is 2. The molecule has 0 heterocycles. The largest absolute Gasteiger partial charge is 0.375 e. The standard InChI is InChI=1S/C13H18BrN3OS/c1-13(2,9-5-4-6-10(14)7-9)8-11(18)16-17(3)12(15)19/h4-7H,8H2,1-3H3,(H2,15,19)(H,16,18). The molecule has 0 aliphatic carbocycles. The monoisotopic (exact) mass is 343 g/mol. The van der Waals surface area contributed by atoms with Crippen LogP contribution >= 0.6 is 28.1 Å². The summed E-state index contributed by atoms with van der Waals surface area (Å²) < 4.78 is 0.999.